The van der Waals surface area contributed by atoms with E-state index in [0.29, 0.717) is 6.61 Å². The predicted molar refractivity (Wildman–Crippen MR) is 93.0 cm³/mol. The number of nitrogens with zero attached hydrogens (tertiary/aromatic N) is 4. The second-order valence-corrected chi connectivity index (χ2v) is 5.97. The molecule has 0 aliphatic rings. The molecule has 0 amide bonds. The summed E-state index contributed by atoms with van der Waals surface area (Å²) in [6.07, 6.45) is 0.901. The Morgan fingerprint density at radius 3 is 2.67 bits per heavy atom. The van der Waals surface area contributed by atoms with Crippen molar-refractivity contribution < 1.29 is 9.47 Å². The van der Waals surface area contributed by atoms with E-state index >= 15 is 0 Å². The summed E-state index contributed by atoms with van der Waals surface area (Å²) >= 11 is 1.59. The molecule has 0 bridgehead atoms. The zero-order valence-electron chi connectivity index (χ0n) is 13.3. The van der Waals surface area contributed by atoms with Gasteiger partial charge in [0.05, 0.1) is 13.7 Å². The lowest BCUT2D eigenvalue weighted by Crippen LogP contribution is -2.03. The standard InChI is InChI=1S/C17H18N4O2S/c1-22-16-11-6-5-10-15(16)21-17(18-19-20-21)24-13-7-12-23-14-8-3-2-4-9-14/h2-6,8-11H,7,12-13H2,1H3. The van der Waals surface area contributed by atoms with Gasteiger partial charge in [-0.1, -0.05) is 42.1 Å². The fourth-order valence-electron chi connectivity index (χ4n) is 2.15. The van der Waals surface area contributed by atoms with E-state index in [2.05, 4.69) is 15.5 Å². The second kappa shape index (κ2) is 8.35. The van der Waals surface area contributed by atoms with Crippen LogP contribution in [0, 0.1) is 0 Å². The van der Waals surface area contributed by atoms with E-state index in [1.54, 1.807) is 23.6 Å². The van der Waals surface area contributed by atoms with Crippen LogP contribution in [0.4, 0.5) is 0 Å². The molecule has 3 rings (SSSR count). The van der Waals surface area contributed by atoms with E-state index in [9.17, 15) is 0 Å². The Bertz CT molecular complexity index is 764. The summed E-state index contributed by atoms with van der Waals surface area (Å²) in [4.78, 5) is 0. The molecule has 0 atom stereocenters. The number of ether oxygens (including phenoxy) is 2. The largest absolute Gasteiger partial charge is 0.494 e. The number of hydrogen-bond donors (Lipinski definition) is 0. The average Bonchev–Trinajstić information content (AvgIpc) is 3.10. The molecule has 7 heteroatoms. The van der Waals surface area contributed by atoms with Crippen molar-refractivity contribution in [3.05, 3.63) is 54.6 Å². The highest BCUT2D eigenvalue weighted by atomic mass is 32.2. The van der Waals surface area contributed by atoms with E-state index in [0.717, 1.165) is 34.5 Å². The SMILES string of the molecule is COc1ccccc1-n1nnnc1SCCCOc1ccccc1. The van der Waals surface area contributed by atoms with Crippen LogP contribution < -0.4 is 9.47 Å². The van der Waals surface area contributed by atoms with E-state index in [1.165, 1.54) is 0 Å². The molecular weight excluding hydrogens is 324 g/mol. The first-order valence-electron chi connectivity index (χ1n) is 7.61. The molecule has 0 saturated carbocycles. The number of benzene rings is 2. The van der Waals surface area contributed by atoms with E-state index < -0.39 is 0 Å². The van der Waals surface area contributed by atoms with Crippen molar-refractivity contribution in [3.63, 3.8) is 0 Å². The molecule has 24 heavy (non-hydrogen) atoms. The number of aromatic nitrogens is 4. The van der Waals surface area contributed by atoms with Crippen LogP contribution in [0.15, 0.2) is 59.8 Å². The summed E-state index contributed by atoms with van der Waals surface area (Å²) < 4.78 is 12.8. The van der Waals surface area contributed by atoms with Crippen LogP contribution >= 0.6 is 11.8 Å². The average molecular weight is 342 g/mol. The van der Waals surface area contributed by atoms with Crippen LogP contribution in [0.1, 0.15) is 6.42 Å². The van der Waals surface area contributed by atoms with Gasteiger partial charge in [0.1, 0.15) is 17.2 Å². The van der Waals surface area contributed by atoms with Crippen molar-refractivity contribution >= 4 is 11.8 Å². The fourth-order valence-corrected chi connectivity index (χ4v) is 2.95. The third kappa shape index (κ3) is 4.05. The molecule has 1 aromatic heterocycles. The normalized spacial score (nSPS) is 10.5. The summed E-state index contributed by atoms with van der Waals surface area (Å²) in [6.45, 7) is 0.660. The van der Waals surface area contributed by atoms with Crippen molar-refractivity contribution in [3.8, 4) is 17.2 Å². The van der Waals surface area contributed by atoms with Crippen LogP contribution in [0.3, 0.4) is 0 Å². The van der Waals surface area contributed by atoms with Crippen molar-refractivity contribution in [1.82, 2.24) is 20.2 Å². The van der Waals surface area contributed by atoms with Gasteiger partial charge < -0.3 is 9.47 Å². The maximum absolute atomic E-state index is 5.69. The molecule has 0 radical (unpaired) electrons. The fraction of sp³-hybridized carbons (Fsp3) is 0.235. The van der Waals surface area contributed by atoms with Gasteiger partial charge in [-0.15, -0.1) is 5.10 Å². The zero-order valence-corrected chi connectivity index (χ0v) is 14.1. The number of methoxy groups -OCH3 is 1. The quantitative estimate of drug-likeness (QED) is 0.463. The maximum atomic E-state index is 5.69. The van der Waals surface area contributed by atoms with Crippen LogP contribution in [0.25, 0.3) is 5.69 Å². The van der Waals surface area contributed by atoms with Crippen LogP contribution in [-0.2, 0) is 0 Å². The Morgan fingerprint density at radius 1 is 1.04 bits per heavy atom. The van der Waals surface area contributed by atoms with Gasteiger partial charge in [-0.2, -0.15) is 4.68 Å². The summed E-state index contributed by atoms with van der Waals surface area (Å²) in [5, 5.41) is 12.7. The third-order valence-corrected chi connectivity index (χ3v) is 4.29. The number of thioether (sulfide) groups is 1. The van der Waals surface area contributed by atoms with Gasteiger partial charge in [0.15, 0.2) is 0 Å². The Kier molecular flexibility index (Phi) is 5.68. The van der Waals surface area contributed by atoms with E-state index in [4.69, 9.17) is 9.47 Å². The lowest BCUT2D eigenvalue weighted by molar-refractivity contribution is 0.318. The van der Waals surface area contributed by atoms with E-state index in [1.807, 2.05) is 54.6 Å². The Balaban J connectivity index is 1.54. The van der Waals surface area contributed by atoms with Crippen LogP contribution in [0.2, 0.25) is 0 Å². The topological polar surface area (TPSA) is 62.1 Å². The highest BCUT2D eigenvalue weighted by Crippen LogP contribution is 2.25. The Labute approximate surface area is 144 Å². The number of rotatable bonds is 8. The first-order valence-corrected chi connectivity index (χ1v) is 8.59. The molecule has 6 nitrogen and oxygen atoms in total. The molecule has 0 aliphatic heterocycles. The van der Waals surface area contributed by atoms with Gasteiger partial charge in [-0.3, -0.25) is 0 Å². The lowest BCUT2D eigenvalue weighted by atomic mass is 10.3. The van der Waals surface area contributed by atoms with Gasteiger partial charge in [0.25, 0.3) is 0 Å². The molecule has 124 valence electrons. The van der Waals surface area contributed by atoms with Gasteiger partial charge in [0, 0.05) is 5.75 Å². The molecule has 3 aromatic rings. The zero-order chi connectivity index (χ0) is 16.6. The molecule has 0 aliphatic carbocycles. The second-order valence-electron chi connectivity index (χ2n) is 4.91. The van der Waals surface area contributed by atoms with Crippen LogP contribution in [-0.4, -0.2) is 39.7 Å². The minimum absolute atomic E-state index is 0.660. The first-order chi connectivity index (χ1) is 11.9. The monoisotopic (exact) mass is 342 g/mol. The maximum Gasteiger partial charge on any atom is 0.214 e. The number of hydrogen-bond acceptors (Lipinski definition) is 6. The summed E-state index contributed by atoms with van der Waals surface area (Å²) in [6, 6.07) is 17.5. The van der Waals surface area contributed by atoms with Crippen molar-refractivity contribution in [1.29, 1.82) is 0 Å². The van der Waals surface area contributed by atoms with E-state index in [-0.39, 0.29) is 0 Å². The van der Waals surface area contributed by atoms with Gasteiger partial charge >= 0.3 is 0 Å². The minimum Gasteiger partial charge on any atom is -0.494 e. The van der Waals surface area contributed by atoms with Gasteiger partial charge in [0.2, 0.25) is 5.16 Å². The molecule has 0 N–H and O–H groups in total. The van der Waals surface area contributed by atoms with Crippen LogP contribution in [0.5, 0.6) is 11.5 Å². The molecule has 0 unspecified atom stereocenters. The van der Waals surface area contributed by atoms with Gasteiger partial charge in [-0.05, 0) is 41.1 Å². The highest BCUT2D eigenvalue weighted by molar-refractivity contribution is 7.99. The molecule has 0 saturated heterocycles. The summed E-state index contributed by atoms with van der Waals surface area (Å²) in [5.74, 6) is 2.49. The lowest BCUT2D eigenvalue weighted by Gasteiger charge is -2.09. The summed E-state index contributed by atoms with van der Waals surface area (Å²) in [5.41, 5.74) is 0.827. The number of tetrazole rings is 1. The molecule has 0 fully saturated rings. The number of para-hydroxylation sites is 3. The highest BCUT2D eigenvalue weighted by Gasteiger charge is 2.12. The Hall–Kier alpha value is -2.54. The smallest absolute Gasteiger partial charge is 0.214 e. The molecule has 0 spiro atoms. The van der Waals surface area contributed by atoms with Crippen molar-refractivity contribution in [2.24, 2.45) is 0 Å². The predicted octanol–water partition coefficient (Wildman–Crippen LogP) is 3.23. The molecule has 2 aromatic carbocycles. The molecular formula is C17H18N4O2S. The van der Waals surface area contributed by atoms with Crippen molar-refractivity contribution in [2.75, 3.05) is 19.5 Å². The third-order valence-electron chi connectivity index (χ3n) is 3.29. The first kappa shape index (κ1) is 16.3. The summed E-state index contributed by atoms with van der Waals surface area (Å²) in [7, 11) is 1.64. The minimum atomic E-state index is 0.660. The van der Waals surface area contributed by atoms with Crippen molar-refractivity contribution in [2.45, 2.75) is 11.6 Å². The molecule has 1 heterocycles. The van der Waals surface area contributed by atoms with Gasteiger partial charge in [-0.25, -0.2) is 0 Å². The Morgan fingerprint density at radius 2 is 1.83 bits per heavy atom.